The molecule has 3 rings (SSSR count). The van der Waals surface area contributed by atoms with E-state index in [0.29, 0.717) is 11.1 Å². The number of hydrogen-bond donors (Lipinski definition) is 0. The minimum absolute atomic E-state index is 0. The monoisotopic (exact) mass is 347 g/mol. The van der Waals surface area contributed by atoms with Crippen LogP contribution in [-0.4, -0.2) is 37.1 Å². The topological polar surface area (TPSA) is 29.5 Å². The summed E-state index contributed by atoms with van der Waals surface area (Å²) >= 11 is 0. The van der Waals surface area contributed by atoms with Crippen molar-refractivity contribution < 1.29 is 18.6 Å². The van der Waals surface area contributed by atoms with Gasteiger partial charge in [-0.1, -0.05) is 60.7 Å². The highest BCUT2D eigenvalue weighted by Gasteiger charge is 2.45. The lowest BCUT2D eigenvalue weighted by atomic mass is 9.88. The number of nitrogens with zero attached hydrogens (tertiary/aromatic N) is 1. The predicted molar refractivity (Wildman–Crippen MR) is 93.9 cm³/mol. The number of carbonyl (C=O) groups is 1. The van der Waals surface area contributed by atoms with Gasteiger partial charge in [-0.05, 0) is 19.9 Å². The maximum absolute atomic E-state index is 16.0. The van der Waals surface area contributed by atoms with Crippen LogP contribution in [0.1, 0.15) is 24.0 Å². The van der Waals surface area contributed by atoms with Gasteiger partial charge in [-0.2, -0.15) is 0 Å². The molecule has 1 aliphatic rings. The largest absolute Gasteiger partial charge is 0.459 e. The molecular formula is C20H23F2NO2. The number of halogens is 2. The number of alkyl halides is 1. The molecule has 3 nitrogen and oxygen atoms in total. The van der Waals surface area contributed by atoms with Crippen molar-refractivity contribution in [3.8, 4) is 0 Å². The van der Waals surface area contributed by atoms with Crippen LogP contribution in [0.15, 0.2) is 60.7 Å². The Labute approximate surface area is 146 Å². The van der Waals surface area contributed by atoms with Crippen molar-refractivity contribution in [3.05, 3.63) is 71.8 Å². The second-order valence-electron chi connectivity index (χ2n) is 6.30. The Morgan fingerprint density at radius 1 is 1.00 bits per heavy atom. The molecule has 0 spiro atoms. The highest BCUT2D eigenvalue weighted by molar-refractivity contribution is 5.85. The Bertz CT molecular complexity index is 631. The Kier molecular flexibility index (Phi) is 6.26. The summed E-state index contributed by atoms with van der Waals surface area (Å²) in [7, 11) is 2.03. The van der Waals surface area contributed by atoms with Crippen LogP contribution in [0.3, 0.4) is 0 Å². The van der Waals surface area contributed by atoms with E-state index in [1.54, 1.807) is 60.7 Å². The number of rotatable bonds is 4. The second-order valence-corrected chi connectivity index (χ2v) is 6.30. The quantitative estimate of drug-likeness (QED) is 0.790. The fourth-order valence-electron chi connectivity index (χ4n) is 3.07. The summed E-state index contributed by atoms with van der Waals surface area (Å²) in [5, 5.41) is 0. The third kappa shape index (κ3) is 4.04. The zero-order valence-corrected chi connectivity index (χ0v) is 14.2. The van der Waals surface area contributed by atoms with Crippen molar-refractivity contribution in [2.45, 2.75) is 24.6 Å². The van der Waals surface area contributed by atoms with E-state index in [2.05, 4.69) is 4.90 Å². The van der Waals surface area contributed by atoms with Gasteiger partial charge in [-0.15, -0.1) is 0 Å². The molecule has 2 aromatic carbocycles. The number of hydrogen-bond acceptors (Lipinski definition) is 3. The van der Waals surface area contributed by atoms with Gasteiger partial charge in [0, 0.05) is 24.2 Å². The van der Waals surface area contributed by atoms with Crippen LogP contribution in [-0.2, 0) is 15.2 Å². The number of likely N-dealkylation sites (tertiary alicyclic amines) is 1. The minimum atomic E-state index is -2.29. The average molecular weight is 347 g/mol. The zero-order chi connectivity index (χ0) is 17.0. The summed E-state index contributed by atoms with van der Waals surface area (Å²) in [6.45, 7) is 1.71. The summed E-state index contributed by atoms with van der Waals surface area (Å²) in [4.78, 5) is 15.0. The summed E-state index contributed by atoms with van der Waals surface area (Å²) in [6, 6.07) is 17.0. The fourth-order valence-corrected chi connectivity index (χ4v) is 3.07. The molecule has 1 saturated heterocycles. The summed E-state index contributed by atoms with van der Waals surface area (Å²) < 4.78 is 21.6. The number of carbonyl (C=O) groups excluding carboxylic acids is 1. The highest BCUT2D eigenvalue weighted by atomic mass is 19.1. The van der Waals surface area contributed by atoms with Crippen molar-refractivity contribution in [1.82, 2.24) is 4.90 Å². The Morgan fingerprint density at radius 3 is 1.88 bits per heavy atom. The molecule has 0 aliphatic carbocycles. The van der Waals surface area contributed by atoms with Gasteiger partial charge in [-0.3, -0.25) is 4.70 Å². The first-order valence-corrected chi connectivity index (χ1v) is 8.30. The van der Waals surface area contributed by atoms with Crippen LogP contribution in [0.4, 0.5) is 9.09 Å². The van der Waals surface area contributed by atoms with E-state index >= 15 is 4.39 Å². The first-order chi connectivity index (χ1) is 11.6. The molecule has 0 N–H and O–H groups in total. The van der Waals surface area contributed by atoms with Gasteiger partial charge >= 0.3 is 5.97 Å². The van der Waals surface area contributed by atoms with E-state index < -0.39 is 11.6 Å². The van der Waals surface area contributed by atoms with Gasteiger partial charge in [0.15, 0.2) is 0 Å². The van der Waals surface area contributed by atoms with Crippen molar-refractivity contribution in [3.63, 3.8) is 0 Å². The van der Waals surface area contributed by atoms with Crippen LogP contribution < -0.4 is 0 Å². The van der Waals surface area contributed by atoms with E-state index in [4.69, 9.17) is 4.74 Å². The SMILES string of the molecule is CN1CCC(OC(=O)C(F)(c2ccccc2)c2ccccc2)CC1.F. The molecule has 2 aromatic rings. The third-order valence-electron chi connectivity index (χ3n) is 4.56. The van der Waals surface area contributed by atoms with Crippen LogP contribution >= 0.6 is 0 Å². The van der Waals surface area contributed by atoms with Gasteiger partial charge in [0.1, 0.15) is 6.10 Å². The van der Waals surface area contributed by atoms with Crippen LogP contribution in [0.2, 0.25) is 0 Å². The van der Waals surface area contributed by atoms with Gasteiger partial charge < -0.3 is 9.64 Å². The van der Waals surface area contributed by atoms with Crippen molar-refractivity contribution in [1.29, 1.82) is 0 Å². The number of piperidine rings is 1. The van der Waals surface area contributed by atoms with Gasteiger partial charge in [-0.25, -0.2) is 9.18 Å². The van der Waals surface area contributed by atoms with E-state index in [9.17, 15) is 4.79 Å². The van der Waals surface area contributed by atoms with Crippen molar-refractivity contribution >= 4 is 5.97 Å². The molecule has 0 bridgehead atoms. The van der Waals surface area contributed by atoms with E-state index in [-0.39, 0.29) is 10.8 Å². The first-order valence-electron chi connectivity index (χ1n) is 8.30. The third-order valence-corrected chi connectivity index (χ3v) is 4.56. The number of esters is 1. The van der Waals surface area contributed by atoms with Crippen LogP contribution in [0.5, 0.6) is 0 Å². The Hall–Kier alpha value is -2.27. The molecule has 0 aromatic heterocycles. The van der Waals surface area contributed by atoms with Crippen molar-refractivity contribution in [2.75, 3.05) is 20.1 Å². The molecule has 0 radical (unpaired) electrons. The predicted octanol–water partition coefficient (Wildman–Crippen LogP) is 3.69. The summed E-state index contributed by atoms with van der Waals surface area (Å²) in [6.07, 6.45) is 1.25. The van der Waals surface area contributed by atoms with E-state index in [1.807, 2.05) is 7.05 Å². The first kappa shape index (κ1) is 19.1. The Balaban J connectivity index is 0.00000225. The molecule has 0 atom stereocenters. The molecule has 1 fully saturated rings. The summed E-state index contributed by atoms with van der Waals surface area (Å²) in [5.74, 6) is -0.825. The molecule has 5 heteroatoms. The molecule has 0 amide bonds. The number of benzene rings is 2. The average Bonchev–Trinajstić information content (AvgIpc) is 2.64. The molecule has 0 unspecified atom stereocenters. The smallest absolute Gasteiger partial charge is 0.353 e. The molecule has 0 saturated carbocycles. The summed E-state index contributed by atoms with van der Waals surface area (Å²) in [5.41, 5.74) is -1.69. The van der Waals surface area contributed by atoms with Gasteiger partial charge in [0.25, 0.3) is 5.67 Å². The van der Waals surface area contributed by atoms with Crippen LogP contribution in [0, 0.1) is 0 Å². The van der Waals surface area contributed by atoms with Crippen LogP contribution in [0.25, 0.3) is 0 Å². The molecule has 1 aliphatic heterocycles. The molecule has 134 valence electrons. The van der Waals surface area contributed by atoms with E-state index in [0.717, 1.165) is 25.9 Å². The highest BCUT2D eigenvalue weighted by Crippen LogP contribution is 2.36. The Morgan fingerprint density at radius 2 is 1.44 bits per heavy atom. The normalized spacial score (nSPS) is 16.1. The lowest BCUT2D eigenvalue weighted by Gasteiger charge is -2.31. The maximum Gasteiger partial charge on any atom is 0.353 e. The van der Waals surface area contributed by atoms with Crippen molar-refractivity contribution in [2.24, 2.45) is 0 Å². The molecule has 25 heavy (non-hydrogen) atoms. The van der Waals surface area contributed by atoms with E-state index in [1.165, 1.54) is 0 Å². The standard InChI is InChI=1S/C20H22FNO2.FH/c1-22-14-12-18(13-15-22)24-19(23)20(21,16-8-4-2-5-9-16)17-10-6-3-7-11-17;/h2-11,18H,12-15H2,1H3;1H. The number of ether oxygens (including phenoxy) is 1. The second kappa shape index (κ2) is 8.21. The lowest BCUT2D eigenvalue weighted by Crippen LogP contribution is -2.40. The minimum Gasteiger partial charge on any atom is -0.459 e. The molecule has 1 heterocycles. The molecular weight excluding hydrogens is 324 g/mol. The zero-order valence-electron chi connectivity index (χ0n) is 14.2. The van der Waals surface area contributed by atoms with Gasteiger partial charge in [0.2, 0.25) is 0 Å². The maximum atomic E-state index is 16.0. The van der Waals surface area contributed by atoms with Gasteiger partial charge in [0.05, 0.1) is 0 Å². The lowest BCUT2D eigenvalue weighted by molar-refractivity contribution is -0.163. The fraction of sp³-hybridized carbons (Fsp3) is 0.350.